The van der Waals surface area contributed by atoms with Crippen LogP contribution in [0, 0.1) is 0 Å². The van der Waals surface area contributed by atoms with Gasteiger partial charge in [0, 0.05) is 27.7 Å². The highest BCUT2D eigenvalue weighted by atomic mass is 15.0. The van der Waals surface area contributed by atoms with E-state index in [1.54, 1.807) is 0 Å². The minimum Gasteiger partial charge on any atom is -0.309 e. The third-order valence-electron chi connectivity index (χ3n) is 8.78. The Balaban J connectivity index is 1.08. The van der Waals surface area contributed by atoms with E-state index in [-0.39, 0.29) is 0 Å². The highest BCUT2D eigenvalue weighted by Gasteiger charge is 2.13. The summed E-state index contributed by atoms with van der Waals surface area (Å²) in [6, 6.07) is 58.9. The fourth-order valence-electron chi connectivity index (χ4n) is 6.41. The number of rotatable bonds is 6. The molecule has 0 spiro atoms. The molecule has 2 aromatic heterocycles. The van der Waals surface area contributed by atoms with Gasteiger partial charge < -0.3 is 4.57 Å². The molecule has 6 aromatic carbocycles. The molecule has 0 aliphatic heterocycles. The normalized spacial score (nSPS) is 11.3. The van der Waals surface area contributed by atoms with Crippen molar-refractivity contribution in [3.05, 3.63) is 169 Å². The average Bonchev–Trinajstić information content (AvgIpc) is 3.46. The van der Waals surface area contributed by atoms with Gasteiger partial charge in [0.05, 0.1) is 16.7 Å². The number of aromatic nitrogens is 2. The highest BCUT2D eigenvalue weighted by molar-refractivity contribution is 6.10. The molecule has 0 bridgehead atoms. The Morgan fingerprint density at radius 3 is 1.69 bits per heavy atom. The van der Waals surface area contributed by atoms with Crippen molar-refractivity contribution < 1.29 is 0 Å². The van der Waals surface area contributed by atoms with Gasteiger partial charge in [0.25, 0.3) is 0 Å². The first kappa shape index (κ1) is 26.9. The van der Waals surface area contributed by atoms with E-state index in [1.165, 1.54) is 60.9 Å². The van der Waals surface area contributed by atoms with Crippen molar-refractivity contribution >= 4 is 21.8 Å². The van der Waals surface area contributed by atoms with Crippen molar-refractivity contribution in [1.82, 2.24) is 9.55 Å². The van der Waals surface area contributed by atoms with Crippen molar-refractivity contribution in [2.45, 2.75) is 13.3 Å². The SMILES string of the molecule is CCc1cccc(-c2cccc(-c3ccc(-c4ccc(-c5ccc6c(c5)c5ccccc5n6-c5ccccc5)cc4)cc3)c2)n1. The summed E-state index contributed by atoms with van der Waals surface area (Å²) >= 11 is 0. The molecule has 0 unspecified atom stereocenters. The predicted molar refractivity (Wildman–Crippen MR) is 190 cm³/mol. The van der Waals surface area contributed by atoms with Crippen LogP contribution < -0.4 is 0 Å². The monoisotopic (exact) mass is 576 g/mol. The van der Waals surface area contributed by atoms with Crippen molar-refractivity contribution in [1.29, 1.82) is 0 Å². The summed E-state index contributed by atoms with van der Waals surface area (Å²) in [6.07, 6.45) is 0.936. The maximum atomic E-state index is 4.82. The Morgan fingerprint density at radius 1 is 0.422 bits per heavy atom. The second-order valence-electron chi connectivity index (χ2n) is 11.5. The smallest absolute Gasteiger partial charge is 0.0705 e. The first-order chi connectivity index (χ1) is 22.2. The Bertz CT molecular complexity index is 2280. The molecule has 0 amide bonds. The summed E-state index contributed by atoms with van der Waals surface area (Å²) < 4.78 is 2.36. The summed E-state index contributed by atoms with van der Waals surface area (Å²) in [6.45, 7) is 2.14. The van der Waals surface area contributed by atoms with Crippen LogP contribution in [0.15, 0.2) is 164 Å². The Kier molecular flexibility index (Phi) is 6.81. The number of benzene rings is 6. The maximum Gasteiger partial charge on any atom is 0.0705 e. The van der Waals surface area contributed by atoms with Crippen LogP contribution in [0.2, 0.25) is 0 Å². The zero-order valence-corrected chi connectivity index (χ0v) is 25.2. The summed E-state index contributed by atoms with van der Waals surface area (Å²) in [5.41, 5.74) is 14.2. The molecule has 2 heterocycles. The summed E-state index contributed by atoms with van der Waals surface area (Å²) in [5.74, 6) is 0. The molecule has 0 N–H and O–H groups in total. The van der Waals surface area contributed by atoms with Crippen LogP contribution in [-0.4, -0.2) is 9.55 Å². The lowest BCUT2D eigenvalue weighted by atomic mass is 9.96. The molecule has 0 fully saturated rings. The van der Waals surface area contributed by atoms with Crippen LogP contribution in [-0.2, 0) is 6.42 Å². The highest BCUT2D eigenvalue weighted by Crippen LogP contribution is 2.35. The van der Waals surface area contributed by atoms with E-state index in [0.717, 1.165) is 23.4 Å². The van der Waals surface area contributed by atoms with Gasteiger partial charge >= 0.3 is 0 Å². The summed E-state index contributed by atoms with van der Waals surface area (Å²) in [7, 11) is 0. The molecule has 214 valence electrons. The van der Waals surface area contributed by atoms with E-state index in [0.29, 0.717) is 0 Å². The summed E-state index contributed by atoms with van der Waals surface area (Å²) in [5, 5.41) is 2.54. The zero-order chi connectivity index (χ0) is 30.2. The quantitative estimate of drug-likeness (QED) is 0.192. The zero-order valence-electron chi connectivity index (χ0n) is 25.2. The molecular formula is C43H32N2. The molecule has 2 nitrogen and oxygen atoms in total. The van der Waals surface area contributed by atoms with Gasteiger partial charge in [0.1, 0.15) is 0 Å². The fraction of sp³-hybridized carbons (Fsp3) is 0.0465. The van der Waals surface area contributed by atoms with Gasteiger partial charge in [-0.1, -0.05) is 122 Å². The summed E-state index contributed by atoms with van der Waals surface area (Å²) in [4.78, 5) is 4.82. The molecule has 0 saturated heterocycles. The van der Waals surface area contributed by atoms with E-state index >= 15 is 0 Å². The van der Waals surface area contributed by atoms with Gasteiger partial charge in [-0.2, -0.15) is 0 Å². The molecule has 8 aromatic rings. The van der Waals surface area contributed by atoms with Gasteiger partial charge in [-0.25, -0.2) is 0 Å². The van der Waals surface area contributed by atoms with Crippen LogP contribution in [0.25, 0.3) is 72.1 Å². The minimum absolute atomic E-state index is 0.936. The Labute approximate surface area is 263 Å². The standard InChI is InChI=1S/C43H32N2/c1-2-37-12-9-16-41(44-37)36-11-8-10-34(28-36)32-22-18-30(19-23-32)31-20-24-33(25-21-31)35-26-27-43-40(29-35)39-15-6-7-17-42(39)45(43)38-13-4-3-5-14-38/h3-29H,2H2,1H3. The van der Waals surface area contributed by atoms with Crippen LogP contribution in [0.4, 0.5) is 0 Å². The van der Waals surface area contributed by atoms with Crippen LogP contribution >= 0.6 is 0 Å². The molecule has 8 rings (SSSR count). The van der Waals surface area contributed by atoms with Gasteiger partial charge in [0.2, 0.25) is 0 Å². The van der Waals surface area contributed by atoms with E-state index in [4.69, 9.17) is 4.98 Å². The predicted octanol–water partition coefficient (Wildman–Crippen LogP) is 11.4. The lowest BCUT2D eigenvalue weighted by Gasteiger charge is -2.09. The lowest BCUT2D eigenvalue weighted by Crippen LogP contribution is -1.92. The van der Waals surface area contributed by atoms with Crippen molar-refractivity contribution in [2.24, 2.45) is 0 Å². The molecule has 2 heteroatoms. The number of hydrogen-bond acceptors (Lipinski definition) is 1. The number of nitrogens with zero attached hydrogens (tertiary/aromatic N) is 2. The first-order valence-corrected chi connectivity index (χ1v) is 15.6. The second kappa shape index (κ2) is 11.4. The van der Waals surface area contributed by atoms with Gasteiger partial charge in [-0.15, -0.1) is 0 Å². The van der Waals surface area contributed by atoms with E-state index in [2.05, 4.69) is 175 Å². The van der Waals surface area contributed by atoms with Gasteiger partial charge in [-0.3, -0.25) is 4.98 Å². The van der Waals surface area contributed by atoms with Crippen molar-refractivity contribution in [3.8, 4) is 50.3 Å². The minimum atomic E-state index is 0.936. The number of aryl methyl sites for hydroxylation is 1. The van der Waals surface area contributed by atoms with Gasteiger partial charge in [-0.05, 0) is 88.3 Å². The number of hydrogen-bond donors (Lipinski definition) is 0. The molecule has 0 radical (unpaired) electrons. The van der Waals surface area contributed by atoms with Crippen LogP contribution in [0.5, 0.6) is 0 Å². The van der Waals surface area contributed by atoms with Gasteiger partial charge in [0.15, 0.2) is 0 Å². The number of para-hydroxylation sites is 2. The third-order valence-corrected chi connectivity index (χ3v) is 8.78. The third kappa shape index (κ3) is 5.01. The second-order valence-corrected chi connectivity index (χ2v) is 11.5. The topological polar surface area (TPSA) is 17.8 Å². The van der Waals surface area contributed by atoms with Crippen LogP contribution in [0.1, 0.15) is 12.6 Å². The molecule has 0 saturated carbocycles. The van der Waals surface area contributed by atoms with Crippen molar-refractivity contribution in [3.63, 3.8) is 0 Å². The van der Waals surface area contributed by atoms with Crippen molar-refractivity contribution in [2.75, 3.05) is 0 Å². The lowest BCUT2D eigenvalue weighted by molar-refractivity contribution is 1.04. The van der Waals surface area contributed by atoms with E-state index in [9.17, 15) is 0 Å². The molecule has 0 aliphatic rings. The molecule has 0 aliphatic carbocycles. The van der Waals surface area contributed by atoms with Crippen LogP contribution in [0.3, 0.4) is 0 Å². The molecular weight excluding hydrogens is 544 g/mol. The fourth-order valence-corrected chi connectivity index (χ4v) is 6.41. The maximum absolute atomic E-state index is 4.82. The first-order valence-electron chi connectivity index (χ1n) is 15.6. The molecule has 45 heavy (non-hydrogen) atoms. The van der Waals surface area contributed by atoms with E-state index in [1.807, 2.05) is 0 Å². The largest absolute Gasteiger partial charge is 0.309 e. The Hall–Kier alpha value is -5.73. The number of pyridine rings is 1. The van der Waals surface area contributed by atoms with E-state index < -0.39 is 0 Å². The average molecular weight is 577 g/mol. The number of fused-ring (bicyclic) bond motifs is 3. The Morgan fingerprint density at radius 2 is 0.978 bits per heavy atom. The molecule has 0 atom stereocenters.